The third kappa shape index (κ3) is 1.96. The van der Waals surface area contributed by atoms with Gasteiger partial charge < -0.3 is 4.74 Å². The summed E-state index contributed by atoms with van der Waals surface area (Å²) in [5.41, 5.74) is -0.200. The average Bonchev–Trinajstić information content (AvgIpc) is 2.13. The van der Waals surface area contributed by atoms with Crippen molar-refractivity contribution in [3.63, 3.8) is 0 Å². The molecule has 1 rings (SSSR count). The van der Waals surface area contributed by atoms with Gasteiger partial charge in [-0.3, -0.25) is 0 Å². The highest BCUT2D eigenvalue weighted by molar-refractivity contribution is 5.48. The lowest BCUT2D eigenvalue weighted by atomic mass is 10.1. The molecule has 74 valence electrons. The van der Waals surface area contributed by atoms with Crippen LogP contribution in [-0.4, -0.2) is 6.61 Å². The van der Waals surface area contributed by atoms with Gasteiger partial charge in [0.1, 0.15) is 17.6 Å². The maximum atomic E-state index is 12.9. The molecular weight excluding hydrogens is 195 g/mol. The number of benzene rings is 1. The molecule has 0 aliphatic rings. The van der Waals surface area contributed by atoms with Crippen molar-refractivity contribution in [3.05, 3.63) is 29.1 Å². The summed E-state index contributed by atoms with van der Waals surface area (Å²) in [4.78, 5) is 0. The van der Waals surface area contributed by atoms with Crippen LogP contribution in [0.15, 0.2) is 12.1 Å². The third-order valence-corrected chi connectivity index (χ3v) is 1.67. The molecule has 0 unspecified atom stereocenters. The first kappa shape index (κ1) is 10.4. The van der Waals surface area contributed by atoms with E-state index in [4.69, 9.17) is 5.26 Å². The van der Waals surface area contributed by atoms with Gasteiger partial charge in [0.05, 0.1) is 5.56 Å². The molecule has 2 nitrogen and oxygen atoms in total. The number of alkyl halides is 2. The normalized spacial score (nSPS) is 10.0. The predicted molar refractivity (Wildman–Crippen MR) is 42.5 cm³/mol. The number of nitriles is 1. The highest BCUT2D eigenvalue weighted by Gasteiger charge is 2.15. The summed E-state index contributed by atoms with van der Waals surface area (Å²) in [5.74, 6) is -1.08. The lowest BCUT2D eigenvalue weighted by molar-refractivity contribution is -0.0506. The maximum Gasteiger partial charge on any atom is 0.387 e. The van der Waals surface area contributed by atoms with E-state index in [1.54, 1.807) is 6.07 Å². The van der Waals surface area contributed by atoms with Crippen LogP contribution in [0.1, 0.15) is 11.1 Å². The van der Waals surface area contributed by atoms with E-state index in [-0.39, 0.29) is 11.1 Å². The molecule has 0 N–H and O–H groups in total. The van der Waals surface area contributed by atoms with E-state index in [0.717, 1.165) is 12.1 Å². The van der Waals surface area contributed by atoms with Crippen LogP contribution in [0.2, 0.25) is 0 Å². The highest BCUT2D eigenvalue weighted by Crippen LogP contribution is 2.26. The number of ether oxygens (including phenoxy) is 1. The van der Waals surface area contributed by atoms with Gasteiger partial charge in [-0.1, -0.05) is 0 Å². The molecule has 0 bridgehead atoms. The first-order chi connectivity index (χ1) is 6.56. The molecule has 0 atom stereocenters. The Morgan fingerprint density at radius 1 is 1.43 bits per heavy atom. The summed E-state index contributed by atoms with van der Waals surface area (Å²) >= 11 is 0. The first-order valence-electron chi connectivity index (χ1n) is 3.70. The standard InChI is InChI=1S/C9H6F3NO/c1-5-7(10)3-2-6(4-13)8(5)14-9(11)12/h2-3,9H,1H3. The van der Waals surface area contributed by atoms with E-state index < -0.39 is 18.2 Å². The fraction of sp³-hybridized carbons (Fsp3) is 0.222. The summed E-state index contributed by atoms with van der Waals surface area (Å²) in [6.07, 6.45) is 0. The van der Waals surface area contributed by atoms with Crippen molar-refractivity contribution in [2.45, 2.75) is 13.5 Å². The minimum Gasteiger partial charge on any atom is -0.433 e. The fourth-order valence-corrected chi connectivity index (χ4v) is 0.997. The molecule has 0 aliphatic heterocycles. The Bertz CT molecular complexity index is 384. The Hall–Kier alpha value is -1.70. The number of hydrogen-bond acceptors (Lipinski definition) is 2. The van der Waals surface area contributed by atoms with Gasteiger partial charge in [0.2, 0.25) is 0 Å². The van der Waals surface area contributed by atoms with E-state index in [9.17, 15) is 13.2 Å². The number of rotatable bonds is 2. The minimum absolute atomic E-state index is 0.0932. The quantitative estimate of drug-likeness (QED) is 0.736. The van der Waals surface area contributed by atoms with Crippen LogP contribution in [-0.2, 0) is 0 Å². The number of halogens is 3. The zero-order valence-electron chi connectivity index (χ0n) is 7.22. The van der Waals surface area contributed by atoms with Crippen molar-refractivity contribution in [2.75, 3.05) is 0 Å². The summed E-state index contributed by atoms with van der Waals surface area (Å²) in [6.45, 7) is -1.80. The van der Waals surface area contributed by atoms with E-state index >= 15 is 0 Å². The second kappa shape index (κ2) is 4.01. The topological polar surface area (TPSA) is 33.0 Å². The van der Waals surface area contributed by atoms with Crippen molar-refractivity contribution in [3.8, 4) is 11.8 Å². The SMILES string of the molecule is Cc1c(F)ccc(C#N)c1OC(F)F. The van der Waals surface area contributed by atoms with E-state index in [0.29, 0.717) is 0 Å². The van der Waals surface area contributed by atoms with E-state index in [1.165, 1.54) is 6.92 Å². The van der Waals surface area contributed by atoms with E-state index in [1.807, 2.05) is 0 Å². The van der Waals surface area contributed by atoms with Crippen LogP contribution in [0.25, 0.3) is 0 Å². The molecular formula is C9H6F3NO. The molecule has 0 saturated heterocycles. The van der Waals surface area contributed by atoms with Gasteiger partial charge in [-0.15, -0.1) is 0 Å². The van der Waals surface area contributed by atoms with Crippen molar-refractivity contribution in [1.82, 2.24) is 0 Å². The first-order valence-corrected chi connectivity index (χ1v) is 3.70. The van der Waals surface area contributed by atoms with E-state index in [2.05, 4.69) is 4.74 Å². The zero-order valence-corrected chi connectivity index (χ0v) is 7.22. The summed E-state index contributed by atoms with van der Waals surface area (Å²) in [6, 6.07) is 3.78. The van der Waals surface area contributed by atoms with Gasteiger partial charge in [0.25, 0.3) is 0 Å². The Morgan fingerprint density at radius 3 is 2.57 bits per heavy atom. The fourth-order valence-electron chi connectivity index (χ4n) is 0.997. The molecule has 14 heavy (non-hydrogen) atoms. The molecule has 5 heteroatoms. The van der Waals surface area contributed by atoms with Gasteiger partial charge in [0, 0.05) is 5.56 Å². The molecule has 1 aromatic carbocycles. The molecule has 0 amide bonds. The van der Waals surface area contributed by atoms with Gasteiger partial charge in [-0.2, -0.15) is 14.0 Å². The monoisotopic (exact) mass is 201 g/mol. The van der Waals surface area contributed by atoms with Gasteiger partial charge >= 0.3 is 6.61 Å². The second-order valence-corrected chi connectivity index (χ2v) is 2.54. The zero-order chi connectivity index (χ0) is 10.7. The van der Waals surface area contributed by atoms with Crippen molar-refractivity contribution < 1.29 is 17.9 Å². The van der Waals surface area contributed by atoms with Crippen LogP contribution < -0.4 is 4.74 Å². The Balaban J connectivity index is 3.23. The molecule has 0 saturated carbocycles. The molecule has 0 radical (unpaired) electrons. The number of nitrogens with zero attached hydrogens (tertiary/aromatic N) is 1. The third-order valence-electron chi connectivity index (χ3n) is 1.67. The van der Waals surface area contributed by atoms with Gasteiger partial charge in [-0.25, -0.2) is 4.39 Å². The average molecular weight is 201 g/mol. The lowest BCUT2D eigenvalue weighted by Gasteiger charge is -2.09. The van der Waals surface area contributed by atoms with Crippen molar-refractivity contribution in [2.24, 2.45) is 0 Å². The van der Waals surface area contributed by atoms with Crippen LogP contribution in [0.4, 0.5) is 13.2 Å². The molecule has 0 aliphatic carbocycles. The van der Waals surface area contributed by atoms with Crippen molar-refractivity contribution in [1.29, 1.82) is 5.26 Å². The Labute approximate surface area is 78.5 Å². The molecule has 0 heterocycles. The van der Waals surface area contributed by atoms with Crippen molar-refractivity contribution >= 4 is 0 Å². The van der Waals surface area contributed by atoms with Crippen LogP contribution in [0, 0.1) is 24.1 Å². The van der Waals surface area contributed by atoms with Gasteiger partial charge in [-0.05, 0) is 19.1 Å². The van der Waals surface area contributed by atoms with Crippen LogP contribution in [0.5, 0.6) is 5.75 Å². The largest absolute Gasteiger partial charge is 0.433 e. The van der Waals surface area contributed by atoms with Gasteiger partial charge in [0.15, 0.2) is 0 Å². The predicted octanol–water partition coefficient (Wildman–Crippen LogP) is 2.61. The summed E-state index contributed by atoms with van der Waals surface area (Å²) in [5, 5.41) is 8.55. The molecule has 1 aromatic rings. The molecule has 0 fully saturated rings. The Kier molecular flexibility index (Phi) is 2.97. The smallest absolute Gasteiger partial charge is 0.387 e. The Morgan fingerprint density at radius 2 is 2.07 bits per heavy atom. The number of hydrogen-bond donors (Lipinski definition) is 0. The molecule has 0 aromatic heterocycles. The molecule has 0 spiro atoms. The summed E-state index contributed by atoms with van der Waals surface area (Å²) < 4.78 is 40.8. The maximum absolute atomic E-state index is 12.9. The summed E-state index contributed by atoms with van der Waals surface area (Å²) in [7, 11) is 0. The second-order valence-electron chi connectivity index (χ2n) is 2.54. The van der Waals surface area contributed by atoms with Crippen LogP contribution in [0.3, 0.4) is 0 Å². The van der Waals surface area contributed by atoms with Crippen LogP contribution >= 0.6 is 0 Å². The lowest BCUT2D eigenvalue weighted by Crippen LogP contribution is -2.06. The highest BCUT2D eigenvalue weighted by atomic mass is 19.3. The minimum atomic E-state index is -3.07.